The van der Waals surface area contributed by atoms with Crippen molar-refractivity contribution in [2.45, 2.75) is 110 Å². The Labute approximate surface area is 203 Å². The second-order valence-corrected chi connectivity index (χ2v) is 11.5. The van der Waals surface area contributed by atoms with E-state index in [9.17, 15) is 14.3 Å². The van der Waals surface area contributed by atoms with Crippen molar-refractivity contribution >= 4 is 13.6 Å². The molecule has 0 spiro atoms. The van der Waals surface area contributed by atoms with Crippen LogP contribution in [-0.2, 0) is 23.4 Å². The second kappa shape index (κ2) is 22.0. The third-order valence-corrected chi connectivity index (χ3v) is 6.98. The van der Waals surface area contributed by atoms with Gasteiger partial charge in [-0.1, -0.05) is 90.4 Å². The van der Waals surface area contributed by atoms with Crippen LogP contribution in [0.2, 0.25) is 0 Å². The van der Waals surface area contributed by atoms with E-state index in [1.54, 1.807) is 0 Å². The molecular weight excluding hydrogens is 441 g/mol. The molecule has 0 aromatic rings. The summed E-state index contributed by atoms with van der Waals surface area (Å²) in [7, 11) is 0.132. The predicted octanol–water partition coefficient (Wildman–Crippen LogP) is 4.76. The van der Waals surface area contributed by atoms with Gasteiger partial charge in [0.05, 0.1) is 40.0 Å². The summed E-state index contributed by atoms with van der Waals surface area (Å²) in [5.74, 6) is -0.450. The van der Waals surface area contributed by atoms with Crippen molar-refractivity contribution in [1.29, 1.82) is 0 Å². The Hall–Kier alpha value is -0.460. The van der Waals surface area contributed by atoms with Crippen molar-refractivity contribution in [2.75, 3.05) is 46.6 Å². The molecule has 0 fully saturated rings. The van der Waals surface area contributed by atoms with Gasteiger partial charge in [-0.15, -0.1) is 0 Å². The fraction of sp³-hybridized carbons (Fsp3) is 0.960. The summed E-state index contributed by atoms with van der Waals surface area (Å²) in [5, 5.41) is 0. The molecule has 33 heavy (non-hydrogen) atoms. The number of hydrogen-bond acceptors (Lipinski definition) is 5. The highest BCUT2D eigenvalue weighted by Crippen LogP contribution is 2.40. The SMILES string of the molecule is CCCCCCCCCCCCCCCCOCC(COP(=O)(O)CC[NH+](C)C)OC(C)=O. The molecule has 2 N–H and O–H groups in total. The monoisotopic (exact) mass is 494 g/mol. The van der Waals surface area contributed by atoms with Crippen molar-refractivity contribution < 1.29 is 33.2 Å². The zero-order valence-electron chi connectivity index (χ0n) is 21.9. The van der Waals surface area contributed by atoms with Gasteiger partial charge < -0.3 is 23.8 Å². The van der Waals surface area contributed by atoms with E-state index in [0.717, 1.165) is 17.7 Å². The molecule has 0 amide bonds. The fourth-order valence-electron chi connectivity index (χ4n) is 3.59. The third kappa shape index (κ3) is 24.5. The van der Waals surface area contributed by atoms with E-state index in [0.29, 0.717) is 13.2 Å². The number of nitrogens with one attached hydrogen (secondary N) is 1. The summed E-state index contributed by atoms with van der Waals surface area (Å²) in [6.07, 6.45) is 17.7. The van der Waals surface area contributed by atoms with E-state index in [1.165, 1.54) is 84.0 Å². The maximum absolute atomic E-state index is 12.1. The van der Waals surface area contributed by atoms with Gasteiger partial charge in [0.15, 0.2) is 0 Å². The van der Waals surface area contributed by atoms with Gasteiger partial charge in [-0.25, -0.2) is 0 Å². The Morgan fingerprint density at radius 2 is 1.33 bits per heavy atom. The van der Waals surface area contributed by atoms with E-state index in [1.807, 2.05) is 14.1 Å². The summed E-state index contributed by atoms with van der Waals surface area (Å²) < 4.78 is 28.0. The van der Waals surface area contributed by atoms with Crippen molar-refractivity contribution in [2.24, 2.45) is 0 Å². The van der Waals surface area contributed by atoms with Crippen molar-refractivity contribution in [3.05, 3.63) is 0 Å². The Bertz CT molecular complexity index is 503. The molecule has 8 heteroatoms. The molecule has 0 saturated heterocycles. The van der Waals surface area contributed by atoms with Crippen LogP contribution < -0.4 is 4.90 Å². The van der Waals surface area contributed by atoms with Crippen molar-refractivity contribution in [3.8, 4) is 0 Å². The predicted molar refractivity (Wildman–Crippen MR) is 135 cm³/mol. The lowest BCUT2D eigenvalue weighted by atomic mass is 10.0. The van der Waals surface area contributed by atoms with Gasteiger partial charge >= 0.3 is 13.6 Å². The minimum absolute atomic E-state index is 0.0715. The highest BCUT2D eigenvalue weighted by molar-refractivity contribution is 7.52. The molecule has 0 aliphatic rings. The molecule has 198 valence electrons. The summed E-state index contributed by atoms with van der Waals surface area (Å²) in [5.41, 5.74) is 0. The molecular formula is C25H53NO6P+. The molecule has 0 saturated carbocycles. The lowest BCUT2D eigenvalue weighted by Crippen LogP contribution is -3.06. The second-order valence-electron chi connectivity index (χ2n) is 9.52. The van der Waals surface area contributed by atoms with E-state index >= 15 is 0 Å². The first-order valence-electron chi connectivity index (χ1n) is 13.3. The maximum Gasteiger partial charge on any atom is 0.333 e. The molecule has 0 heterocycles. The number of esters is 1. The number of hydrogen-bond donors (Lipinski definition) is 2. The summed E-state index contributed by atoms with van der Waals surface area (Å²) in [4.78, 5) is 22.3. The van der Waals surface area contributed by atoms with Crippen LogP contribution in [0, 0.1) is 0 Å². The molecule has 0 aromatic heterocycles. The first kappa shape index (κ1) is 32.5. The fourth-order valence-corrected chi connectivity index (χ4v) is 4.85. The minimum atomic E-state index is -3.69. The number of ether oxygens (including phenoxy) is 2. The molecule has 2 atom stereocenters. The molecule has 0 aliphatic carbocycles. The standard InChI is InChI=1S/C25H52NO6P/c1-5-6-7-8-9-10-11-12-13-14-15-16-17-18-20-30-22-25(32-24(2)27)23-31-33(28,29)21-19-26(3)4/h25H,5-23H2,1-4H3,(H,28,29)/p+1. The Morgan fingerprint density at radius 1 is 0.848 bits per heavy atom. The van der Waals surface area contributed by atoms with Crippen LogP contribution in [0.3, 0.4) is 0 Å². The Kier molecular flexibility index (Phi) is 21.7. The molecule has 2 unspecified atom stereocenters. The van der Waals surface area contributed by atoms with E-state index < -0.39 is 19.7 Å². The largest absolute Gasteiger partial charge is 0.458 e. The number of unbranched alkanes of at least 4 members (excludes halogenated alkanes) is 13. The molecule has 7 nitrogen and oxygen atoms in total. The molecule has 0 bridgehead atoms. The van der Waals surface area contributed by atoms with Gasteiger partial charge in [0.1, 0.15) is 6.10 Å². The van der Waals surface area contributed by atoms with Gasteiger partial charge in [-0.2, -0.15) is 0 Å². The van der Waals surface area contributed by atoms with Gasteiger partial charge in [-0.05, 0) is 6.42 Å². The molecule has 0 aliphatic heterocycles. The van der Waals surface area contributed by atoms with Gasteiger partial charge in [0, 0.05) is 13.5 Å². The topological polar surface area (TPSA) is 86.5 Å². The van der Waals surface area contributed by atoms with Crippen LogP contribution in [0.1, 0.15) is 104 Å². The van der Waals surface area contributed by atoms with Crippen LogP contribution >= 0.6 is 7.60 Å². The van der Waals surface area contributed by atoms with E-state index in [4.69, 9.17) is 14.0 Å². The molecule has 0 aromatic carbocycles. The van der Waals surface area contributed by atoms with Crippen LogP contribution in [0.15, 0.2) is 0 Å². The smallest absolute Gasteiger partial charge is 0.333 e. The zero-order valence-corrected chi connectivity index (χ0v) is 22.8. The normalized spacial score (nSPS) is 14.4. The average molecular weight is 495 g/mol. The number of carbonyl (C=O) groups excluding carboxylic acids is 1. The first-order valence-corrected chi connectivity index (χ1v) is 15.0. The van der Waals surface area contributed by atoms with Gasteiger partial charge in [0.2, 0.25) is 0 Å². The van der Waals surface area contributed by atoms with Gasteiger partial charge in [0.25, 0.3) is 0 Å². The Morgan fingerprint density at radius 3 is 1.79 bits per heavy atom. The van der Waals surface area contributed by atoms with Gasteiger partial charge in [-0.3, -0.25) is 9.36 Å². The van der Waals surface area contributed by atoms with E-state index in [-0.39, 0.29) is 19.4 Å². The highest BCUT2D eigenvalue weighted by atomic mass is 31.2. The number of quaternary nitrogens is 1. The van der Waals surface area contributed by atoms with Crippen LogP contribution in [0.25, 0.3) is 0 Å². The van der Waals surface area contributed by atoms with Crippen LogP contribution in [0.4, 0.5) is 0 Å². The zero-order chi connectivity index (χ0) is 24.8. The lowest BCUT2D eigenvalue weighted by Gasteiger charge is -2.20. The summed E-state index contributed by atoms with van der Waals surface area (Å²) >= 11 is 0. The first-order chi connectivity index (χ1) is 15.8. The average Bonchev–Trinajstić information content (AvgIpc) is 2.75. The third-order valence-electron chi connectivity index (χ3n) is 5.64. The number of rotatable bonds is 24. The summed E-state index contributed by atoms with van der Waals surface area (Å²) in [6, 6.07) is 0. The lowest BCUT2D eigenvalue weighted by molar-refractivity contribution is -0.855. The van der Waals surface area contributed by atoms with Crippen LogP contribution in [0.5, 0.6) is 0 Å². The number of carbonyl (C=O) groups is 1. The maximum atomic E-state index is 12.1. The quantitative estimate of drug-likeness (QED) is 0.114. The molecule has 0 radical (unpaired) electrons. The Balaban J connectivity index is 3.69. The minimum Gasteiger partial charge on any atom is -0.458 e. The van der Waals surface area contributed by atoms with Crippen molar-refractivity contribution in [1.82, 2.24) is 0 Å². The van der Waals surface area contributed by atoms with E-state index in [2.05, 4.69) is 6.92 Å². The summed E-state index contributed by atoms with van der Waals surface area (Å²) in [6.45, 7) is 4.75. The molecule has 0 rings (SSSR count). The van der Waals surface area contributed by atoms with Crippen molar-refractivity contribution in [3.63, 3.8) is 0 Å². The highest BCUT2D eigenvalue weighted by Gasteiger charge is 2.24. The van der Waals surface area contributed by atoms with Crippen LogP contribution in [-0.4, -0.2) is 63.6 Å².